The fraction of sp³-hybridized carbons (Fsp3) is 0.0714. The number of carbonyl (C=O) groups is 1. The van der Waals surface area contributed by atoms with Crippen LogP contribution >= 0.6 is 23.8 Å². The first-order chi connectivity index (χ1) is 10.5. The second-order valence-electron chi connectivity index (χ2n) is 4.12. The Kier molecular flexibility index (Phi) is 5.13. The highest BCUT2D eigenvalue weighted by Gasteiger charge is 2.13. The fourth-order valence-electron chi connectivity index (χ4n) is 1.69. The van der Waals surface area contributed by atoms with Crippen molar-refractivity contribution in [1.82, 2.24) is 5.43 Å². The molecule has 0 radical (unpaired) electrons. The van der Waals surface area contributed by atoms with Gasteiger partial charge < -0.3 is 14.9 Å². The number of hydrazone groups is 1. The maximum Gasteiger partial charge on any atom is 0.337 e. The van der Waals surface area contributed by atoms with E-state index in [1.165, 1.54) is 13.3 Å². The molecule has 6 nitrogen and oxygen atoms in total. The van der Waals surface area contributed by atoms with Gasteiger partial charge in [0.05, 0.1) is 23.9 Å². The number of methoxy groups -OCH3 is 1. The van der Waals surface area contributed by atoms with E-state index in [2.05, 4.69) is 27.5 Å². The van der Waals surface area contributed by atoms with Gasteiger partial charge in [0.1, 0.15) is 11.5 Å². The number of nitrogens with one attached hydrogen (secondary N) is 1. The van der Waals surface area contributed by atoms with Crippen LogP contribution < -0.4 is 11.2 Å². The molecule has 0 atom stereocenters. The Morgan fingerprint density at radius 2 is 2.23 bits per heavy atom. The van der Waals surface area contributed by atoms with Crippen molar-refractivity contribution in [1.29, 1.82) is 0 Å². The summed E-state index contributed by atoms with van der Waals surface area (Å²) in [5.74, 6) is 0.512. The smallest absolute Gasteiger partial charge is 0.337 e. The average Bonchev–Trinajstić information content (AvgIpc) is 2.95. The van der Waals surface area contributed by atoms with E-state index >= 15 is 0 Å². The molecular weight excluding hydrogens is 326 g/mol. The van der Waals surface area contributed by atoms with Crippen molar-refractivity contribution in [2.24, 2.45) is 10.8 Å². The lowest BCUT2D eigenvalue weighted by Crippen LogP contribution is -2.23. The van der Waals surface area contributed by atoms with Crippen molar-refractivity contribution in [2.75, 3.05) is 7.11 Å². The number of rotatable bonds is 4. The number of thiocarbonyl (C=S) groups is 1. The van der Waals surface area contributed by atoms with E-state index in [0.29, 0.717) is 27.7 Å². The molecule has 0 aliphatic rings. The maximum atomic E-state index is 11.6. The van der Waals surface area contributed by atoms with Crippen LogP contribution in [0, 0.1) is 0 Å². The SMILES string of the molecule is COC(=O)c1ccc(Cl)c(-c2ccc(/C=N/NC(N)=S)o2)c1. The summed E-state index contributed by atoms with van der Waals surface area (Å²) in [6, 6.07) is 8.19. The highest BCUT2D eigenvalue weighted by atomic mass is 35.5. The van der Waals surface area contributed by atoms with Gasteiger partial charge in [0, 0.05) is 5.56 Å². The zero-order valence-electron chi connectivity index (χ0n) is 11.5. The summed E-state index contributed by atoms with van der Waals surface area (Å²) in [6.45, 7) is 0. The van der Waals surface area contributed by atoms with Crippen LogP contribution in [0.15, 0.2) is 39.9 Å². The number of esters is 1. The predicted octanol–water partition coefficient (Wildman–Crippen LogP) is 2.55. The number of nitrogens with zero attached hydrogens (tertiary/aromatic N) is 1. The Labute approximate surface area is 136 Å². The molecule has 1 aromatic carbocycles. The summed E-state index contributed by atoms with van der Waals surface area (Å²) in [5, 5.41) is 4.29. The normalized spacial score (nSPS) is 10.6. The number of nitrogens with two attached hydrogens (primary N) is 1. The van der Waals surface area contributed by atoms with Crippen LogP contribution in [0.5, 0.6) is 0 Å². The van der Waals surface area contributed by atoms with Crippen LogP contribution in [-0.2, 0) is 4.74 Å². The highest BCUT2D eigenvalue weighted by molar-refractivity contribution is 7.80. The van der Waals surface area contributed by atoms with Crippen LogP contribution in [0.25, 0.3) is 11.3 Å². The highest BCUT2D eigenvalue weighted by Crippen LogP contribution is 2.30. The minimum atomic E-state index is -0.452. The third-order valence-electron chi connectivity index (χ3n) is 2.65. The Morgan fingerprint density at radius 3 is 2.91 bits per heavy atom. The lowest BCUT2D eigenvalue weighted by Gasteiger charge is -2.04. The molecule has 0 amide bonds. The van der Waals surface area contributed by atoms with Crippen molar-refractivity contribution in [3.05, 3.63) is 46.7 Å². The van der Waals surface area contributed by atoms with E-state index in [9.17, 15) is 4.79 Å². The van der Waals surface area contributed by atoms with Crippen LogP contribution in [0.2, 0.25) is 5.02 Å². The molecule has 1 heterocycles. The first-order valence-electron chi connectivity index (χ1n) is 6.08. The maximum absolute atomic E-state index is 11.6. The van der Waals surface area contributed by atoms with E-state index < -0.39 is 5.97 Å². The van der Waals surface area contributed by atoms with Crippen LogP contribution in [0.4, 0.5) is 0 Å². The second-order valence-corrected chi connectivity index (χ2v) is 4.97. The lowest BCUT2D eigenvalue weighted by molar-refractivity contribution is 0.0601. The first kappa shape index (κ1) is 16.0. The Morgan fingerprint density at radius 1 is 1.45 bits per heavy atom. The zero-order chi connectivity index (χ0) is 16.1. The molecule has 0 bridgehead atoms. The van der Waals surface area contributed by atoms with E-state index in [4.69, 9.17) is 21.8 Å². The van der Waals surface area contributed by atoms with Crippen LogP contribution in [0.1, 0.15) is 16.1 Å². The molecule has 0 saturated heterocycles. The molecule has 22 heavy (non-hydrogen) atoms. The molecule has 0 spiro atoms. The number of hydrogen-bond acceptors (Lipinski definition) is 5. The summed E-state index contributed by atoms with van der Waals surface area (Å²) in [4.78, 5) is 11.6. The van der Waals surface area contributed by atoms with Crippen LogP contribution in [-0.4, -0.2) is 24.4 Å². The van der Waals surface area contributed by atoms with Gasteiger partial charge in [0.25, 0.3) is 0 Å². The molecule has 114 valence electrons. The molecule has 1 aromatic heterocycles. The molecule has 2 rings (SSSR count). The van der Waals surface area contributed by atoms with Crippen molar-refractivity contribution in [3.63, 3.8) is 0 Å². The number of halogens is 1. The number of carbonyl (C=O) groups excluding carboxylic acids is 1. The predicted molar refractivity (Wildman–Crippen MR) is 88.0 cm³/mol. The van der Waals surface area contributed by atoms with Gasteiger partial charge in [0.2, 0.25) is 0 Å². The van der Waals surface area contributed by atoms with Crippen LogP contribution in [0.3, 0.4) is 0 Å². The zero-order valence-corrected chi connectivity index (χ0v) is 13.1. The summed E-state index contributed by atoms with van der Waals surface area (Å²) >= 11 is 10.8. The van der Waals surface area contributed by atoms with Gasteiger partial charge in [0.15, 0.2) is 5.11 Å². The molecule has 0 fully saturated rings. The van der Waals surface area contributed by atoms with Gasteiger partial charge in [-0.25, -0.2) is 4.79 Å². The standard InChI is InChI=1S/C14H12ClN3O3S/c1-20-13(19)8-2-4-11(15)10(6-8)12-5-3-9(21-12)7-17-18-14(16)22/h2-7H,1H3,(H3,16,18,22)/b17-7+. The third kappa shape index (κ3) is 3.84. The molecular formula is C14H12ClN3O3S. The third-order valence-corrected chi connectivity index (χ3v) is 3.07. The van der Waals surface area contributed by atoms with Crippen molar-refractivity contribution >= 4 is 41.1 Å². The topological polar surface area (TPSA) is 89.8 Å². The number of hydrogen-bond donors (Lipinski definition) is 2. The lowest BCUT2D eigenvalue weighted by atomic mass is 10.1. The van der Waals surface area contributed by atoms with Gasteiger partial charge in [-0.2, -0.15) is 5.10 Å². The van der Waals surface area contributed by atoms with Crippen molar-refractivity contribution in [3.8, 4) is 11.3 Å². The van der Waals surface area contributed by atoms with Crippen molar-refractivity contribution in [2.45, 2.75) is 0 Å². The molecule has 3 N–H and O–H groups in total. The second kappa shape index (κ2) is 7.06. The largest absolute Gasteiger partial charge is 0.465 e. The summed E-state index contributed by atoms with van der Waals surface area (Å²) in [6.07, 6.45) is 1.42. The fourth-order valence-corrected chi connectivity index (χ4v) is 1.95. The monoisotopic (exact) mass is 337 g/mol. The van der Waals surface area contributed by atoms with E-state index in [1.807, 2.05) is 0 Å². The molecule has 0 aliphatic heterocycles. The van der Waals surface area contributed by atoms with E-state index in [0.717, 1.165) is 0 Å². The van der Waals surface area contributed by atoms with Gasteiger partial charge >= 0.3 is 5.97 Å². The Balaban J connectivity index is 2.28. The quantitative estimate of drug-likeness (QED) is 0.386. The first-order valence-corrected chi connectivity index (χ1v) is 6.86. The Bertz CT molecular complexity index is 743. The molecule has 8 heteroatoms. The summed E-state index contributed by atoms with van der Waals surface area (Å²) in [5.41, 5.74) is 8.62. The van der Waals surface area contributed by atoms with Crippen molar-refractivity contribution < 1.29 is 13.9 Å². The molecule has 0 unspecified atom stereocenters. The minimum Gasteiger partial charge on any atom is -0.465 e. The summed E-state index contributed by atoms with van der Waals surface area (Å²) < 4.78 is 10.3. The van der Waals surface area contributed by atoms with Gasteiger partial charge in [-0.15, -0.1) is 0 Å². The number of ether oxygens (including phenoxy) is 1. The van der Waals surface area contributed by atoms with E-state index in [-0.39, 0.29) is 5.11 Å². The molecule has 0 aliphatic carbocycles. The van der Waals surface area contributed by atoms with Gasteiger partial charge in [-0.1, -0.05) is 11.6 Å². The molecule has 2 aromatic rings. The summed E-state index contributed by atoms with van der Waals surface area (Å²) in [7, 11) is 1.31. The Hall–Kier alpha value is -2.38. The number of furan rings is 1. The van der Waals surface area contributed by atoms with E-state index in [1.54, 1.807) is 30.3 Å². The number of benzene rings is 1. The van der Waals surface area contributed by atoms with Gasteiger partial charge in [-0.3, -0.25) is 5.43 Å². The van der Waals surface area contributed by atoms with Gasteiger partial charge in [-0.05, 0) is 42.5 Å². The minimum absolute atomic E-state index is 0.0526. The molecule has 0 saturated carbocycles. The average molecular weight is 338 g/mol.